The Morgan fingerprint density at radius 1 is 0.804 bits per heavy atom. The standard InChI is InChI=1S/C43H50N3/c1-10-42(8)43(11-2,12-3)34-21-15-13-19-31(34)41-45(36-23-17-18-24-37(36)46(41)42)40-30(25-28(4)5)27-38-39(33(40)26-29(6)7)32-20-14-16-22-35(32)44(38)9/h11,13-24,27-29H,2,10,12,25-26H2,1,3-9H3/q+1. The second kappa shape index (κ2) is 11.0. The molecule has 0 aliphatic carbocycles. The van der Waals surface area contributed by atoms with Crippen molar-refractivity contribution in [2.24, 2.45) is 18.9 Å². The van der Waals surface area contributed by atoms with E-state index in [9.17, 15) is 0 Å². The molecule has 6 aromatic rings. The lowest BCUT2D eigenvalue weighted by molar-refractivity contribution is -0.741. The Hall–Kier alpha value is -4.11. The monoisotopic (exact) mass is 608 g/mol. The summed E-state index contributed by atoms with van der Waals surface area (Å²) in [5, 5.41) is 2.75. The maximum Gasteiger partial charge on any atom is 0.295 e. The van der Waals surface area contributed by atoms with Gasteiger partial charge in [-0.05, 0) is 80.3 Å². The molecule has 2 aromatic heterocycles. The van der Waals surface area contributed by atoms with Gasteiger partial charge in [-0.3, -0.25) is 0 Å². The lowest BCUT2D eigenvalue weighted by atomic mass is 9.60. The Kier molecular flexibility index (Phi) is 7.31. The second-order valence-corrected chi connectivity index (χ2v) is 14.7. The molecular formula is C43H50N3+. The quantitative estimate of drug-likeness (QED) is 0.121. The van der Waals surface area contributed by atoms with E-state index in [1.54, 1.807) is 0 Å². The number of fused-ring (bicyclic) bond motifs is 8. The summed E-state index contributed by atoms with van der Waals surface area (Å²) in [6.07, 6.45) is 6.27. The first kappa shape index (κ1) is 30.5. The summed E-state index contributed by atoms with van der Waals surface area (Å²) in [5.74, 6) is 2.31. The summed E-state index contributed by atoms with van der Waals surface area (Å²) in [4.78, 5) is 0. The summed E-state index contributed by atoms with van der Waals surface area (Å²) >= 11 is 0. The number of hydrogen-bond acceptors (Lipinski definition) is 0. The summed E-state index contributed by atoms with van der Waals surface area (Å²) in [5.41, 5.74) is 11.8. The van der Waals surface area contributed by atoms with Crippen molar-refractivity contribution in [2.75, 3.05) is 0 Å². The lowest BCUT2D eigenvalue weighted by Gasteiger charge is -2.48. The molecule has 236 valence electrons. The first-order valence-corrected chi connectivity index (χ1v) is 17.4. The third-order valence-electron chi connectivity index (χ3n) is 11.3. The third kappa shape index (κ3) is 3.99. The number of aryl methyl sites for hydroxylation is 1. The van der Waals surface area contributed by atoms with E-state index in [1.807, 2.05) is 0 Å². The van der Waals surface area contributed by atoms with Crippen LogP contribution in [-0.4, -0.2) is 9.13 Å². The molecule has 3 heterocycles. The van der Waals surface area contributed by atoms with E-state index >= 15 is 0 Å². The number of allylic oxidation sites excluding steroid dienone is 1. The second-order valence-electron chi connectivity index (χ2n) is 14.7. The molecule has 2 unspecified atom stereocenters. The summed E-state index contributed by atoms with van der Waals surface area (Å²) < 4.78 is 7.81. The number of rotatable bonds is 8. The average molecular weight is 609 g/mol. The van der Waals surface area contributed by atoms with E-state index in [-0.39, 0.29) is 11.0 Å². The van der Waals surface area contributed by atoms with Crippen molar-refractivity contribution in [2.45, 2.75) is 85.1 Å². The first-order chi connectivity index (χ1) is 22.1. The van der Waals surface area contributed by atoms with Crippen LogP contribution in [0, 0.1) is 11.8 Å². The first-order valence-electron chi connectivity index (χ1n) is 17.4. The Balaban J connectivity index is 1.76. The van der Waals surface area contributed by atoms with E-state index in [4.69, 9.17) is 0 Å². The van der Waals surface area contributed by atoms with Crippen LogP contribution in [0.15, 0.2) is 91.5 Å². The van der Waals surface area contributed by atoms with Gasteiger partial charge < -0.3 is 4.57 Å². The summed E-state index contributed by atoms with van der Waals surface area (Å²) in [6.45, 7) is 21.2. The smallest absolute Gasteiger partial charge is 0.295 e. The van der Waals surface area contributed by atoms with Crippen molar-refractivity contribution in [1.29, 1.82) is 0 Å². The zero-order valence-corrected chi connectivity index (χ0v) is 29.1. The molecule has 46 heavy (non-hydrogen) atoms. The fourth-order valence-electron chi connectivity index (χ4n) is 9.14. The Bertz CT molecular complexity index is 2140. The van der Waals surface area contributed by atoms with Crippen LogP contribution in [-0.2, 0) is 30.8 Å². The molecule has 2 atom stereocenters. The molecule has 1 aliphatic rings. The van der Waals surface area contributed by atoms with Gasteiger partial charge in [-0.1, -0.05) is 96.1 Å². The number of benzene rings is 4. The highest BCUT2D eigenvalue weighted by Crippen LogP contribution is 2.53. The number of para-hydroxylation sites is 3. The van der Waals surface area contributed by atoms with Crippen LogP contribution in [0.5, 0.6) is 0 Å². The molecule has 0 saturated heterocycles. The molecule has 0 spiro atoms. The molecule has 1 aliphatic heterocycles. The normalized spacial score (nSPS) is 19.4. The minimum atomic E-state index is -0.210. The van der Waals surface area contributed by atoms with Gasteiger partial charge in [0, 0.05) is 40.0 Å². The average Bonchev–Trinajstić information content (AvgIpc) is 3.54. The SMILES string of the molecule is C=CC1(CC)c2ccccc2-c2n(-c3c(CC(C)C)cc4c(c3CC(C)C)c3ccccc3n4C)c3ccccc3[n+]2C1(C)CC. The van der Waals surface area contributed by atoms with Gasteiger partial charge in [0.2, 0.25) is 0 Å². The van der Waals surface area contributed by atoms with E-state index < -0.39 is 0 Å². The van der Waals surface area contributed by atoms with E-state index in [1.165, 1.54) is 66.6 Å². The van der Waals surface area contributed by atoms with Crippen molar-refractivity contribution in [3.05, 3.63) is 108 Å². The van der Waals surface area contributed by atoms with E-state index in [0.29, 0.717) is 11.8 Å². The molecule has 7 rings (SSSR count). The van der Waals surface area contributed by atoms with Crippen molar-refractivity contribution in [3.63, 3.8) is 0 Å². The Morgan fingerprint density at radius 2 is 1.46 bits per heavy atom. The number of imidazole rings is 1. The van der Waals surface area contributed by atoms with Crippen molar-refractivity contribution >= 4 is 32.8 Å². The fraction of sp³-hybridized carbons (Fsp3) is 0.372. The number of aromatic nitrogens is 3. The minimum absolute atomic E-state index is 0.202. The van der Waals surface area contributed by atoms with Crippen LogP contribution < -0.4 is 4.57 Å². The van der Waals surface area contributed by atoms with Crippen LogP contribution in [0.25, 0.3) is 49.9 Å². The molecule has 0 N–H and O–H groups in total. The van der Waals surface area contributed by atoms with Crippen molar-refractivity contribution in [1.82, 2.24) is 9.13 Å². The van der Waals surface area contributed by atoms with Crippen LogP contribution in [0.4, 0.5) is 0 Å². The molecule has 3 heteroatoms. The maximum absolute atomic E-state index is 4.52. The maximum atomic E-state index is 4.52. The van der Waals surface area contributed by atoms with Crippen molar-refractivity contribution in [3.8, 4) is 17.1 Å². The fourth-order valence-corrected chi connectivity index (χ4v) is 9.14. The molecule has 3 nitrogen and oxygen atoms in total. The minimum Gasteiger partial charge on any atom is -0.344 e. The predicted octanol–water partition coefficient (Wildman–Crippen LogP) is 10.6. The molecule has 0 radical (unpaired) electrons. The van der Waals surface area contributed by atoms with Gasteiger partial charge in [-0.15, -0.1) is 6.58 Å². The largest absolute Gasteiger partial charge is 0.344 e. The topological polar surface area (TPSA) is 13.7 Å². The van der Waals surface area contributed by atoms with Crippen LogP contribution in [0.3, 0.4) is 0 Å². The highest BCUT2D eigenvalue weighted by atomic mass is 15.2. The molecule has 0 saturated carbocycles. The van der Waals surface area contributed by atoms with E-state index in [2.05, 4.69) is 161 Å². The summed E-state index contributed by atoms with van der Waals surface area (Å²) in [7, 11) is 2.24. The Labute approximate surface area is 275 Å². The van der Waals surface area contributed by atoms with Crippen molar-refractivity contribution < 1.29 is 4.57 Å². The molecule has 4 aromatic carbocycles. The number of hydrogen-bond donors (Lipinski definition) is 0. The van der Waals surface area contributed by atoms with Gasteiger partial charge in [0.05, 0.1) is 11.0 Å². The van der Waals surface area contributed by atoms with Gasteiger partial charge in [0.25, 0.3) is 5.82 Å². The zero-order chi connectivity index (χ0) is 32.5. The highest BCUT2D eigenvalue weighted by Gasteiger charge is 2.57. The van der Waals surface area contributed by atoms with Crippen LogP contribution in [0.2, 0.25) is 0 Å². The van der Waals surface area contributed by atoms with Gasteiger partial charge in [0.1, 0.15) is 11.2 Å². The third-order valence-corrected chi connectivity index (χ3v) is 11.3. The van der Waals surface area contributed by atoms with Crippen LogP contribution in [0.1, 0.15) is 78.0 Å². The number of nitrogens with zero attached hydrogens (tertiary/aromatic N) is 3. The van der Waals surface area contributed by atoms with Gasteiger partial charge in [0.15, 0.2) is 11.0 Å². The van der Waals surface area contributed by atoms with Gasteiger partial charge >= 0.3 is 0 Å². The predicted molar refractivity (Wildman–Crippen MR) is 196 cm³/mol. The molecule has 0 amide bonds. The van der Waals surface area contributed by atoms with E-state index in [0.717, 1.165) is 25.7 Å². The molecule has 0 fully saturated rings. The lowest BCUT2D eigenvalue weighted by Crippen LogP contribution is -2.67. The van der Waals surface area contributed by atoms with Gasteiger partial charge in [-0.2, -0.15) is 4.57 Å². The molecule has 0 bridgehead atoms. The Morgan fingerprint density at radius 3 is 2.13 bits per heavy atom. The highest BCUT2D eigenvalue weighted by molar-refractivity contribution is 6.11. The van der Waals surface area contributed by atoms with Gasteiger partial charge in [-0.25, -0.2) is 4.57 Å². The molecular weight excluding hydrogens is 558 g/mol. The zero-order valence-electron chi connectivity index (χ0n) is 29.1. The summed E-state index contributed by atoms with van der Waals surface area (Å²) in [6, 6.07) is 29.8. The van der Waals surface area contributed by atoms with Crippen LogP contribution >= 0.6 is 0 Å².